The van der Waals surface area contributed by atoms with Crippen molar-refractivity contribution >= 4 is 44.8 Å². The molecule has 0 saturated heterocycles. The fourth-order valence-electron chi connectivity index (χ4n) is 3.76. The molecule has 2 aromatic rings. The van der Waals surface area contributed by atoms with Gasteiger partial charge in [-0.25, -0.2) is 8.42 Å². The summed E-state index contributed by atoms with van der Waals surface area (Å²) in [7, 11) is -4.04. The predicted octanol–water partition coefficient (Wildman–Crippen LogP) is 4.04. The Hall–Kier alpha value is -3.18. The lowest BCUT2D eigenvalue weighted by atomic mass is 10.1. The van der Waals surface area contributed by atoms with Crippen LogP contribution in [0.15, 0.2) is 42.5 Å². The SMILES string of the molecule is CCC(C(=O)NC(C)(C)C)N(Cc1ccccc1Cl)C(=O)CN(c1cc([N+](=O)[O-])ccc1C)S(C)(=O)=O. The normalized spacial score (nSPS) is 12.5. The number of hydrogen-bond acceptors (Lipinski definition) is 6. The Balaban J connectivity index is 2.56. The molecule has 1 atom stereocenters. The number of sulfonamides is 1. The van der Waals surface area contributed by atoms with Gasteiger partial charge in [0.15, 0.2) is 0 Å². The second kappa shape index (κ2) is 11.9. The van der Waals surface area contributed by atoms with Crippen molar-refractivity contribution in [3.8, 4) is 0 Å². The highest BCUT2D eigenvalue weighted by Gasteiger charge is 2.34. The van der Waals surface area contributed by atoms with Crippen LogP contribution in [0.25, 0.3) is 0 Å². The van der Waals surface area contributed by atoms with Crippen LogP contribution in [-0.2, 0) is 26.2 Å². The van der Waals surface area contributed by atoms with Gasteiger partial charge in [0.1, 0.15) is 12.6 Å². The summed E-state index contributed by atoms with van der Waals surface area (Å²) in [5.41, 5.74) is 0.138. The van der Waals surface area contributed by atoms with Crippen molar-refractivity contribution in [1.29, 1.82) is 0 Å². The molecule has 0 spiro atoms. The van der Waals surface area contributed by atoms with Crippen molar-refractivity contribution in [1.82, 2.24) is 10.2 Å². The van der Waals surface area contributed by atoms with Crippen molar-refractivity contribution in [3.05, 3.63) is 68.7 Å². The van der Waals surface area contributed by atoms with Crippen molar-refractivity contribution in [2.45, 2.75) is 59.2 Å². The van der Waals surface area contributed by atoms with Gasteiger partial charge < -0.3 is 10.2 Å². The van der Waals surface area contributed by atoms with Crippen LogP contribution >= 0.6 is 11.6 Å². The van der Waals surface area contributed by atoms with Crippen LogP contribution in [0.3, 0.4) is 0 Å². The maximum atomic E-state index is 13.8. The third-order valence-corrected chi connectivity index (χ3v) is 7.03. The average molecular weight is 553 g/mol. The lowest BCUT2D eigenvalue weighted by molar-refractivity contribution is -0.384. The van der Waals surface area contributed by atoms with Crippen LogP contribution in [0, 0.1) is 17.0 Å². The van der Waals surface area contributed by atoms with Gasteiger partial charge in [0, 0.05) is 29.2 Å². The Labute approximate surface area is 222 Å². The first-order valence-electron chi connectivity index (χ1n) is 11.6. The monoisotopic (exact) mass is 552 g/mol. The number of rotatable bonds is 10. The van der Waals surface area contributed by atoms with E-state index in [9.17, 15) is 28.1 Å². The molecule has 0 bridgehead atoms. The van der Waals surface area contributed by atoms with Gasteiger partial charge in [-0.15, -0.1) is 0 Å². The number of nitro groups is 1. The second-order valence-electron chi connectivity index (χ2n) is 9.77. The van der Waals surface area contributed by atoms with Crippen LogP contribution in [0.5, 0.6) is 0 Å². The van der Waals surface area contributed by atoms with Gasteiger partial charge >= 0.3 is 0 Å². The lowest BCUT2D eigenvalue weighted by Crippen LogP contribution is -2.55. The molecule has 202 valence electrons. The number of aryl methyl sites for hydroxylation is 1. The van der Waals surface area contributed by atoms with Crippen molar-refractivity contribution in [2.75, 3.05) is 17.1 Å². The second-order valence-corrected chi connectivity index (χ2v) is 12.1. The van der Waals surface area contributed by atoms with Crippen molar-refractivity contribution < 1.29 is 22.9 Å². The molecule has 0 aliphatic heterocycles. The number of nitrogens with one attached hydrogen (secondary N) is 1. The summed E-state index contributed by atoms with van der Waals surface area (Å²) in [5.74, 6) is -1.06. The first-order chi connectivity index (χ1) is 17.0. The zero-order chi connectivity index (χ0) is 28.1. The third-order valence-electron chi connectivity index (χ3n) is 5.53. The first-order valence-corrected chi connectivity index (χ1v) is 13.9. The van der Waals surface area contributed by atoms with E-state index in [1.54, 1.807) is 38.1 Å². The highest BCUT2D eigenvalue weighted by molar-refractivity contribution is 7.92. The van der Waals surface area contributed by atoms with Crippen LogP contribution in [0.1, 0.15) is 45.2 Å². The topological polar surface area (TPSA) is 130 Å². The van der Waals surface area contributed by atoms with E-state index in [4.69, 9.17) is 11.6 Å². The van der Waals surface area contributed by atoms with Crippen LogP contribution in [0.4, 0.5) is 11.4 Å². The Kier molecular flexibility index (Phi) is 9.67. The number of anilines is 1. The maximum absolute atomic E-state index is 13.8. The summed E-state index contributed by atoms with van der Waals surface area (Å²) in [6.07, 6.45) is 1.17. The van der Waals surface area contributed by atoms with Gasteiger partial charge in [-0.3, -0.25) is 24.0 Å². The van der Waals surface area contributed by atoms with E-state index in [0.29, 0.717) is 16.1 Å². The number of benzene rings is 2. The molecule has 0 saturated carbocycles. The zero-order valence-electron chi connectivity index (χ0n) is 21.8. The number of non-ortho nitro benzene ring substituents is 1. The molecule has 0 fully saturated rings. The minimum Gasteiger partial charge on any atom is -0.350 e. The van der Waals surface area contributed by atoms with E-state index in [-0.39, 0.29) is 24.3 Å². The van der Waals surface area contributed by atoms with Gasteiger partial charge in [-0.05, 0) is 51.3 Å². The fraction of sp³-hybridized carbons (Fsp3) is 0.440. The number of amides is 2. The minimum absolute atomic E-state index is 0.00920. The molecular formula is C25H33ClN4O6S. The molecule has 37 heavy (non-hydrogen) atoms. The van der Waals surface area contributed by atoms with Crippen LogP contribution in [-0.4, -0.2) is 54.4 Å². The summed E-state index contributed by atoms with van der Waals surface area (Å²) in [5, 5.41) is 14.6. The molecule has 12 heteroatoms. The Morgan fingerprint density at radius 3 is 2.30 bits per heavy atom. The molecule has 0 aromatic heterocycles. The zero-order valence-corrected chi connectivity index (χ0v) is 23.4. The van der Waals surface area contributed by atoms with Gasteiger partial charge in [-0.2, -0.15) is 0 Å². The number of nitrogens with zero attached hydrogens (tertiary/aromatic N) is 3. The molecule has 2 aromatic carbocycles. The third kappa shape index (κ3) is 8.16. The molecule has 10 nitrogen and oxygen atoms in total. The molecule has 0 aliphatic carbocycles. The Bertz CT molecular complexity index is 1280. The van der Waals surface area contributed by atoms with Crippen molar-refractivity contribution in [3.63, 3.8) is 0 Å². The van der Waals surface area contributed by atoms with Gasteiger partial charge in [0.05, 0.1) is 16.9 Å². The highest BCUT2D eigenvalue weighted by atomic mass is 35.5. The van der Waals surface area contributed by atoms with Crippen LogP contribution in [0.2, 0.25) is 5.02 Å². The molecule has 1 N–H and O–H groups in total. The number of carbonyl (C=O) groups is 2. The quantitative estimate of drug-likeness (QED) is 0.349. The molecule has 0 radical (unpaired) electrons. The summed E-state index contributed by atoms with van der Waals surface area (Å²) in [6, 6.07) is 9.73. The number of halogens is 1. The van der Waals surface area contributed by atoms with Gasteiger partial charge in [0.2, 0.25) is 21.8 Å². The Morgan fingerprint density at radius 2 is 1.78 bits per heavy atom. The molecule has 2 rings (SSSR count). The van der Waals surface area contributed by atoms with E-state index in [1.807, 2.05) is 20.8 Å². The summed E-state index contributed by atoms with van der Waals surface area (Å²) < 4.78 is 26.4. The standard InChI is InChI=1S/C25H33ClN4O6S/c1-7-21(24(32)27-25(3,4)5)28(15-18-10-8-9-11-20(18)26)23(31)16-29(37(6,35)36)22-14-19(30(33)34)13-12-17(22)2/h8-14,21H,7,15-16H2,1-6H3,(H,27,32). The molecule has 2 amide bonds. The maximum Gasteiger partial charge on any atom is 0.271 e. The van der Waals surface area contributed by atoms with E-state index in [1.165, 1.54) is 17.0 Å². The molecule has 0 aliphatic rings. The predicted molar refractivity (Wildman–Crippen MR) is 144 cm³/mol. The summed E-state index contributed by atoms with van der Waals surface area (Å²) >= 11 is 6.34. The summed E-state index contributed by atoms with van der Waals surface area (Å²) in [6.45, 7) is 8.08. The smallest absolute Gasteiger partial charge is 0.271 e. The van der Waals surface area contributed by atoms with E-state index >= 15 is 0 Å². The number of hydrogen-bond donors (Lipinski definition) is 1. The lowest BCUT2D eigenvalue weighted by Gasteiger charge is -2.34. The highest BCUT2D eigenvalue weighted by Crippen LogP contribution is 2.28. The van der Waals surface area contributed by atoms with Crippen LogP contribution < -0.4 is 9.62 Å². The number of carbonyl (C=O) groups excluding carboxylic acids is 2. The van der Waals surface area contributed by atoms with E-state index in [0.717, 1.165) is 16.6 Å². The van der Waals surface area contributed by atoms with Gasteiger partial charge in [0.25, 0.3) is 5.69 Å². The van der Waals surface area contributed by atoms with Crippen molar-refractivity contribution in [2.24, 2.45) is 0 Å². The van der Waals surface area contributed by atoms with Gasteiger partial charge in [-0.1, -0.05) is 42.8 Å². The van der Waals surface area contributed by atoms with E-state index < -0.39 is 44.9 Å². The molecule has 0 heterocycles. The average Bonchev–Trinajstić information content (AvgIpc) is 2.77. The number of nitro benzene ring substituents is 1. The van der Waals surface area contributed by atoms with E-state index in [2.05, 4.69) is 5.32 Å². The molecular weight excluding hydrogens is 520 g/mol. The minimum atomic E-state index is -4.04. The Morgan fingerprint density at radius 1 is 1.16 bits per heavy atom. The molecule has 1 unspecified atom stereocenters. The first kappa shape index (κ1) is 30.0. The fourth-order valence-corrected chi connectivity index (χ4v) is 4.85. The largest absolute Gasteiger partial charge is 0.350 e. The summed E-state index contributed by atoms with van der Waals surface area (Å²) in [4.78, 5) is 38.9.